The molecule has 32 heavy (non-hydrogen) atoms. The highest BCUT2D eigenvalue weighted by atomic mass is 16.6. The molecule has 0 amide bonds. The van der Waals surface area contributed by atoms with Gasteiger partial charge in [0.1, 0.15) is 0 Å². The van der Waals surface area contributed by atoms with Gasteiger partial charge in [-0.15, -0.1) is 0 Å². The Hall–Kier alpha value is -2.25. The second-order valence-corrected chi connectivity index (χ2v) is 7.77. The SMILES string of the molecule is CCNC(CC(=O)c1ccc(CCCCCCCCO)cc1)(C(=O)OCC)C(=O)OCC. The van der Waals surface area contributed by atoms with Crippen molar-refractivity contribution in [3.8, 4) is 0 Å². The van der Waals surface area contributed by atoms with Crippen LogP contribution in [0.2, 0.25) is 0 Å². The summed E-state index contributed by atoms with van der Waals surface area (Å²) in [5.41, 5.74) is -0.272. The molecule has 0 fully saturated rings. The van der Waals surface area contributed by atoms with Gasteiger partial charge in [-0.1, -0.05) is 56.9 Å². The lowest BCUT2D eigenvalue weighted by molar-refractivity contribution is -0.166. The summed E-state index contributed by atoms with van der Waals surface area (Å²) in [4.78, 5) is 38.3. The summed E-state index contributed by atoms with van der Waals surface area (Å²) in [6.45, 7) is 5.79. The van der Waals surface area contributed by atoms with Crippen molar-refractivity contribution < 1.29 is 29.0 Å². The van der Waals surface area contributed by atoms with E-state index in [1.807, 2.05) is 12.1 Å². The quantitative estimate of drug-likeness (QED) is 0.162. The van der Waals surface area contributed by atoms with Gasteiger partial charge < -0.3 is 14.6 Å². The number of carbonyl (C=O) groups is 3. The molecule has 7 nitrogen and oxygen atoms in total. The lowest BCUT2D eigenvalue weighted by atomic mass is 9.89. The van der Waals surface area contributed by atoms with Crippen LogP contribution in [0.25, 0.3) is 0 Å². The van der Waals surface area contributed by atoms with Crippen LogP contribution in [0.5, 0.6) is 0 Å². The zero-order valence-corrected chi connectivity index (χ0v) is 19.8. The van der Waals surface area contributed by atoms with Crippen molar-refractivity contribution in [2.24, 2.45) is 0 Å². The van der Waals surface area contributed by atoms with Crippen LogP contribution < -0.4 is 5.32 Å². The summed E-state index contributed by atoms with van der Waals surface area (Å²) < 4.78 is 10.2. The Morgan fingerprint density at radius 3 is 1.88 bits per heavy atom. The molecule has 1 aromatic carbocycles. The minimum absolute atomic E-state index is 0.0930. The number of aliphatic hydroxyl groups excluding tert-OH is 1. The smallest absolute Gasteiger partial charge is 0.338 e. The van der Waals surface area contributed by atoms with Crippen LogP contribution in [0.3, 0.4) is 0 Å². The third-order valence-electron chi connectivity index (χ3n) is 5.30. The fourth-order valence-corrected chi connectivity index (χ4v) is 3.59. The van der Waals surface area contributed by atoms with E-state index < -0.39 is 17.5 Å². The molecule has 0 saturated carbocycles. The van der Waals surface area contributed by atoms with Crippen LogP contribution in [-0.2, 0) is 25.5 Å². The van der Waals surface area contributed by atoms with Gasteiger partial charge in [0.25, 0.3) is 0 Å². The van der Waals surface area contributed by atoms with E-state index in [2.05, 4.69) is 5.32 Å². The van der Waals surface area contributed by atoms with Crippen LogP contribution in [0, 0.1) is 0 Å². The number of hydrogen-bond acceptors (Lipinski definition) is 7. The van der Waals surface area contributed by atoms with Crippen LogP contribution in [0.4, 0.5) is 0 Å². The molecule has 0 atom stereocenters. The van der Waals surface area contributed by atoms with E-state index in [0.29, 0.717) is 12.1 Å². The summed E-state index contributed by atoms with van der Waals surface area (Å²) in [5, 5.41) is 11.6. The first-order valence-corrected chi connectivity index (χ1v) is 11.8. The van der Waals surface area contributed by atoms with E-state index in [1.54, 1.807) is 32.9 Å². The maximum atomic E-state index is 13.0. The summed E-state index contributed by atoms with van der Waals surface area (Å²) >= 11 is 0. The van der Waals surface area contributed by atoms with Gasteiger partial charge >= 0.3 is 11.9 Å². The van der Waals surface area contributed by atoms with E-state index in [9.17, 15) is 14.4 Å². The number of hydrogen-bond donors (Lipinski definition) is 2. The van der Waals surface area contributed by atoms with Gasteiger partial charge in [0.05, 0.1) is 19.6 Å². The molecule has 0 unspecified atom stereocenters. The molecule has 7 heteroatoms. The predicted octanol–water partition coefficient (Wildman–Crippen LogP) is 3.61. The van der Waals surface area contributed by atoms with Crippen molar-refractivity contribution in [2.75, 3.05) is 26.4 Å². The van der Waals surface area contributed by atoms with Gasteiger partial charge in [0.15, 0.2) is 5.78 Å². The van der Waals surface area contributed by atoms with Crippen molar-refractivity contribution in [1.29, 1.82) is 0 Å². The number of ketones is 1. The number of carbonyl (C=O) groups excluding carboxylic acids is 3. The Morgan fingerprint density at radius 1 is 0.844 bits per heavy atom. The molecule has 0 aliphatic carbocycles. The average molecular weight is 450 g/mol. The number of nitrogens with one attached hydrogen (secondary N) is 1. The van der Waals surface area contributed by atoms with Crippen LogP contribution >= 0.6 is 0 Å². The Balaban J connectivity index is 2.79. The topological polar surface area (TPSA) is 102 Å². The van der Waals surface area contributed by atoms with E-state index in [1.165, 1.54) is 0 Å². The Morgan fingerprint density at radius 2 is 1.38 bits per heavy atom. The molecule has 0 aromatic heterocycles. The molecule has 1 aromatic rings. The van der Waals surface area contributed by atoms with Crippen molar-refractivity contribution in [2.45, 2.75) is 77.7 Å². The number of aliphatic hydroxyl groups is 1. The molecule has 0 aliphatic rings. The standard InChI is InChI=1S/C25H39NO6/c1-4-26-25(23(29)31-5-2,24(30)32-6-3)19-22(28)21-16-14-20(15-17-21)13-11-9-7-8-10-12-18-27/h14-17,26-27H,4-13,18-19H2,1-3H3. The second-order valence-electron chi connectivity index (χ2n) is 7.77. The third-order valence-corrected chi connectivity index (χ3v) is 5.30. The first-order chi connectivity index (χ1) is 15.4. The number of esters is 2. The molecular formula is C25H39NO6. The highest BCUT2D eigenvalue weighted by molar-refractivity contribution is 6.11. The Labute approximate surface area is 191 Å². The Kier molecular flexibility index (Phi) is 13.5. The average Bonchev–Trinajstić information content (AvgIpc) is 2.78. The van der Waals surface area contributed by atoms with Crippen LogP contribution in [-0.4, -0.2) is 54.7 Å². The predicted molar refractivity (Wildman–Crippen MR) is 124 cm³/mol. The highest BCUT2D eigenvalue weighted by Gasteiger charge is 2.50. The summed E-state index contributed by atoms with van der Waals surface area (Å²) in [6.07, 6.45) is 7.01. The molecule has 2 N–H and O–H groups in total. The normalized spacial score (nSPS) is 11.2. The maximum Gasteiger partial charge on any atom is 0.338 e. The number of rotatable bonds is 17. The third kappa shape index (κ3) is 8.71. The minimum Gasteiger partial charge on any atom is -0.464 e. The number of likely N-dealkylation sites (N-methyl/N-ethyl adjacent to an activating group) is 1. The van der Waals surface area contributed by atoms with Gasteiger partial charge in [-0.2, -0.15) is 0 Å². The minimum atomic E-state index is -1.85. The lowest BCUT2D eigenvalue weighted by Gasteiger charge is -2.29. The largest absolute Gasteiger partial charge is 0.464 e. The summed E-state index contributed by atoms with van der Waals surface area (Å²) in [5.74, 6) is -1.93. The highest BCUT2D eigenvalue weighted by Crippen LogP contribution is 2.21. The molecule has 0 radical (unpaired) electrons. The summed E-state index contributed by atoms with van der Waals surface area (Å²) in [7, 11) is 0. The molecular weight excluding hydrogens is 410 g/mol. The zero-order valence-electron chi connectivity index (χ0n) is 19.8. The number of aryl methyl sites for hydroxylation is 1. The van der Waals surface area contributed by atoms with Crippen LogP contribution in [0.1, 0.15) is 81.6 Å². The monoisotopic (exact) mass is 449 g/mol. The van der Waals surface area contributed by atoms with Crippen molar-refractivity contribution in [1.82, 2.24) is 5.32 Å². The molecule has 1 rings (SSSR count). The van der Waals surface area contributed by atoms with Crippen molar-refractivity contribution >= 4 is 17.7 Å². The van der Waals surface area contributed by atoms with Gasteiger partial charge in [-0.05, 0) is 45.2 Å². The van der Waals surface area contributed by atoms with Crippen molar-refractivity contribution in [3.05, 3.63) is 35.4 Å². The van der Waals surface area contributed by atoms with Gasteiger partial charge in [-0.3, -0.25) is 10.1 Å². The van der Waals surface area contributed by atoms with Gasteiger partial charge in [0, 0.05) is 12.2 Å². The number of benzene rings is 1. The molecule has 0 spiro atoms. The molecule has 0 heterocycles. The van der Waals surface area contributed by atoms with Gasteiger partial charge in [-0.25, -0.2) is 9.59 Å². The Bertz CT molecular complexity index is 683. The molecule has 0 bridgehead atoms. The van der Waals surface area contributed by atoms with E-state index in [4.69, 9.17) is 14.6 Å². The summed E-state index contributed by atoms with van der Waals surface area (Å²) in [6, 6.07) is 7.32. The molecule has 0 aliphatic heterocycles. The second kappa shape index (κ2) is 15.5. The number of unbranched alkanes of at least 4 members (excludes halogenated alkanes) is 5. The fraction of sp³-hybridized carbons (Fsp3) is 0.640. The van der Waals surface area contributed by atoms with Crippen LogP contribution in [0.15, 0.2) is 24.3 Å². The fourth-order valence-electron chi connectivity index (χ4n) is 3.59. The maximum absolute atomic E-state index is 13.0. The lowest BCUT2D eigenvalue weighted by Crippen LogP contribution is -2.60. The van der Waals surface area contributed by atoms with E-state index >= 15 is 0 Å². The van der Waals surface area contributed by atoms with E-state index in [-0.39, 0.29) is 32.0 Å². The zero-order chi connectivity index (χ0) is 23.8. The first kappa shape index (κ1) is 27.8. The van der Waals surface area contributed by atoms with Crippen molar-refractivity contribution in [3.63, 3.8) is 0 Å². The van der Waals surface area contributed by atoms with E-state index in [0.717, 1.165) is 50.5 Å². The molecule has 0 saturated heterocycles. The number of Topliss-reactive ketones (excluding diaryl/α,β-unsaturated/α-hetero) is 1. The number of ether oxygens (including phenoxy) is 2. The molecule has 180 valence electrons. The van der Waals surface area contributed by atoms with Gasteiger partial charge in [0.2, 0.25) is 5.54 Å². The first-order valence-electron chi connectivity index (χ1n) is 11.8.